The van der Waals surface area contributed by atoms with Gasteiger partial charge in [0, 0.05) is 17.0 Å². The number of amides is 1. The molecule has 0 fully saturated rings. The summed E-state index contributed by atoms with van der Waals surface area (Å²) in [5.74, 6) is 0.615. The van der Waals surface area contributed by atoms with Gasteiger partial charge in [-0.3, -0.25) is 25.2 Å². The average Bonchev–Trinajstić information content (AvgIpc) is 2.77. The number of hydrogen-bond acceptors (Lipinski definition) is 7. The number of fused-ring (bicyclic) bond motifs is 2. The summed E-state index contributed by atoms with van der Waals surface area (Å²) in [4.78, 5) is 28.6. The van der Waals surface area contributed by atoms with Gasteiger partial charge in [-0.25, -0.2) is 5.01 Å². The zero-order valence-electron chi connectivity index (χ0n) is 16.9. The summed E-state index contributed by atoms with van der Waals surface area (Å²) in [6.45, 7) is 2.11. The van der Waals surface area contributed by atoms with Crippen LogP contribution in [-0.4, -0.2) is 32.9 Å². The van der Waals surface area contributed by atoms with E-state index in [9.17, 15) is 14.9 Å². The van der Waals surface area contributed by atoms with Crippen molar-refractivity contribution in [2.24, 2.45) is 10.1 Å². The quantitative estimate of drug-likeness (QED) is 0.427. The van der Waals surface area contributed by atoms with E-state index in [2.05, 4.69) is 17.3 Å². The molecule has 0 aromatic heterocycles. The molecule has 158 valence electrons. The molecule has 4 rings (SSSR count). The van der Waals surface area contributed by atoms with E-state index >= 15 is 0 Å². The van der Waals surface area contributed by atoms with E-state index in [0.717, 1.165) is 18.6 Å². The zero-order chi connectivity index (χ0) is 21.8. The number of amidine groups is 1. The fourth-order valence-electron chi connectivity index (χ4n) is 3.34. The third-order valence-corrected chi connectivity index (χ3v) is 5.81. The molecule has 0 radical (unpaired) electrons. The van der Waals surface area contributed by atoms with E-state index in [0.29, 0.717) is 27.0 Å². The van der Waals surface area contributed by atoms with Crippen LogP contribution in [0.2, 0.25) is 0 Å². The van der Waals surface area contributed by atoms with Crippen LogP contribution < -0.4 is 15.9 Å². The normalized spacial score (nSPS) is 17.5. The lowest BCUT2D eigenvalue weighted by Gasteiger charge is -2.32. The van der Waals surface area contributed by atoms with Gasteiger partial charge in [-0.2, -0.15) is 0 Å². The Labute approximate surface area is 183 Å². The number of hydrazone groups is 1. The Morgan fingerprint density at radius 1 is 1.23 bits per heavy atom. The van der Waals surface area contributed by atoms with Crippen LogP contribution >= 0.6 is 11.8 Å². The lowest BCUT2D eigenvalue weighted by atomic mass is 10.1. The Morgan fingerprint density at radius 2 is 2.00 bits per heavy atom. The maximum absolute atomic E-state index is 13.0. The molecule has 2 aliphatic heterocycles. The van der Waals surface area contributed by atoms with E-state index in [4.69, 9.17) is 4.99 Å². The monoisotopic (exact) mass is 435 g/mol. The van der Waals surface area contributed by atoms with E-state index in [1.807, 2.05) is 24.3 Å². The molecule has 2 heterocycles. The molecule has 2 aromatic carbocycles. The molecular weight excluding hydrogens is 414 g/mol. The molecule has 0 saturated heterocycles. The van der Waals surface area contributed by atoms with E-state index in [1.165, 1.54) is 17.8 Å². The number of nitro groups is 1. The zero-order valence-corrected chi connectivity index (χ0v) is 17.7. The molecule has 0 spiro atoms. The van der Waals surface area contributed by atoms with Crippen molar-refractivity contribution in [2.75, 3.05) is 5.75 Å². The summed E-state index contributed by atoms with van der Waals surface area (Å²) < 4.78 is 0. The van der Waals surface area contributed by atoms with Gasteiger partial charge in [0.15, 0.2) is 11.3 Å². The van der Waals surface area contributed by atoms with E-state index in [-0.39, 0.29) is 11.6 Å². The van der Waals surface area contributed by atoms with Gasteiger partial charge in [-0.05, 0) is 30.7 Å². The summed E-state index contributed by atoms with van der Waals surface area (Å²) >= 11 is 1.49. The van der Waals surface area contributed by atoms with Gasteiger partial charge in [0.2, 0.25) is 0 Å². The molecule has 31 heavy (non-hydrogen) atoms. The number of carbonyl (C=O) groups excluding carboxylic acids is 1. The third-order valence-electron chi connectivity index (χ3n) is 4.86. The predicted molar refractivity (Wildman–Crippen MR) is 121 cm³/mol. The van der Waals surface area contributed by atoms with Crippen LogP contribution in [0.4, 0.5) is 5.69 Å². The van der Waals surface area contributed by atoms with Crippen molar-refractivity contribution in [1.82, 2.24) is 10.3 Å². The van der Waals surface area contributed by atoms with Crippen LogP contribution in [0.1, 0.15) is 25.3 Å². The number of thioether (sulfide) groups is 1. The average molecular weight is 436 g/mol. The largest absolute Gasteiger partial charge is 0.298 e. The number of nitro benzene ring substituents is 1. The molecular formula is C22H21N5O3S. The molecule has 2 aromatic rings. The Kier molecular flexibility index (Phi) is 6.13. The summed E-state index contributed by atoms with van der Waals surface area (Å²) in [6.07, 6.45) is 4.86. The fraction of sp³-hybridized carbons (Fsp3) is 0.227. The van der Waals surface area contributed by atoms with Crippen LogP contribution in [0.25, 0.3) is 11.8 Å². The molecule has 2 aliphatic rings. The number of benzene rings is 2. The van der Waals surface area contributed by atoms with Crippen molar-refractivity contribution >= 4 is 40.3 Å². The van der Waals surface area contributed by atoms with Crippen LogP contribution in [-0.2, 0) is 4.79 Å². The highest BCUT2D eigenvalue weighted by Gasteiger charge is 2.32. The Morgan fingerprint density at radius 3 is 2.81 bits per heavy atom. The second-order valence-electron chi connectivity index (χ2n) is 6.99. The van der Waals surface area contributed by atoms with Gasteiger partial charge >= 0.3 is 0 Å². The third kappa shape index (κ3) is 4.36. The molecule has 8 nitrogen and oxygen atoms in total. The van der Waals surface area contributed by atoms with Gasteiger partial charge in [-0.15, -0.1) is 5.10 Å². The van der Waals surface area contributed by atoms with Gasteiger partial charge in [0.05, 0.1) is 15.8 Å². The minimum Gasteiger partial charge on any atom is -0.298 e. The van der Waals surface area contributed by atoms with Gasteiger partial charge in [-0.1, -0.05) is 55.4 Å². The number of carbonyl (C=O) groups is 1. The Hall–Kier alpha value is -3.46. The number of rotatable bonds is 6. The molecule has 0 unspecified atom stereocenters. The second kappa shape index (κ2) is 9.13. The van der Waals surface area contributed by atoms with Crippen LogP contribution in [0.5, 0.6) is 0 Å². The van der Waals surface area contributed by atoms with Crippen molar-refractivity contribution in [3.63, 3.8) is 0 Å². The SMILES string of the molecule is CCCCSC1=NN2C(=c3ccccc3=N[C@H]2/C=C/c2ccccc2[N+](=O)[O-])C(=O)N1. The highest BCUT2D eigenvalue weighted by atomic mass is 32.2. The maximum Gasteiger partial charge on any atom is 0.276 e. The standard InChI is InChI=1S/C22H21N5O3S/c1-2-3-14-31-22-24-21(28)20-16-9-5-6-10-17(16)23-19(26(20)25-22)13-12-15-8-4-7-11-18(15)27(29)30/h4-13,19H,2-3,14H2,1H3,(H,24,25,28)/b13-12+/t19-/m1/s1. The number of hydrogen-bond donors (Lipinski definition) is 1. The molecule has 1 N–H and O–H groups in total. The first-order chi connectivity index (χ1) is 15.1. The number of unbranched alkanes of at least 4 members (excludes halogenated alkanes) is 1. The summed E-state index contributed by atoms with van der Waals surface area (Å²) in [5.41, 5.74) is 0.892. The van der Waals surface area contributed by atoms with Crippen molar-refractivity contribution in [1.29, 1.82) is 0 Å². The predicted octanol–water partition coefficient (Wildman–Crippen LogP) is 2.61. The summed E-state index contributed by atoms with van der Waals surface area (Å²) in [7, 11) is 0. The van der Waals surface area contributed by atoms with E-state index < -0.39 is 11.1 Å². The molecule has 0 bridgehead atoms. The summed E-state index contributed by atoms with van der Waals surface area (Å²) in [5, 5.41) is 22.4. The van der Waals surface area contributed by atoms with Crippen LogP contribution in [0, 0.1) is 10.1 Å². The Bertz CT molecular complexity index is 1210. The van der Waals surface area contributed by atoms with Gasteiger partial charge in [0.1, 0.15) is 5.70 Å². The highest BCUT2D eigenvalue weighted by molar-refractivity contribution is 8.13. The lowest BCUT2D eigenvalue weighted by Crippen LogP contribution is -2.52. The van der Waals surface area contributed by atoms with Crippen molar-refractivity contribution < 1.29 is 9.72 Å². The van der Waals surface area contributed by atoms with Crippen molar-refractivity contribution in [3.8, 4) is 0 Å². The smallest absolute Gasteiger partial charge is 0.276 e. The van der Waals surface area contributed by atoms with Crippen LogP contribution in [0.15, 0.2) is 64.7 Å². The molecule has 1 atom stereocenters. The summed E-state index contributed by atoms with van der Waals surface area (Å²) in [6, 6.07) is 13.9. The minimum absolute atomic E-state index is 0.00913. The second-order valence-corrected chi connectivity index (χ2v) is 8.07. The first-order valence-electron chi connectivity index (χ1n) is 9.99. The first-order valence-corrected chi connectivity index (χ1v) is 11.0. The minimum atomic E-state index is -0.600. The van der Waals surface area contributed by atoms with Crippen LogP contribution in [0.3, 0.4) is 0 Å². The fourth-order valence-corrected chi connectivity index (χ4v) is 4.28. The topological polar surface area (TPSA) is 100 Å². The Balaban J connectivity index is 1.76. The van der Waals surface area contributed by atoms with Gasteiger partial charge < -0.3 is 0 Å². The molecule has 1 amide bonds. The van der Waals surface area contributed by atoms with Crippen molar-refractivity contribution in [3.05, 3.63) is 80.9 Å². The lowest BCUT2D eigenvalue weighted by molar-refractivity contribution is -0.385. The molecule has 0 saturated carbocycles. The number of nitrogens with zero attached hydrogens (tertiary/aromatic N) is 4. The van der Waals surface area contributed by atoms with Gasteiger partial charge in [0.25, 0.3) is 11.6 Å². The molecule has 9 heteroatoms. The van der Waals surface area contributed by atoms with E-state index in [1.54, 1.807) is 35.4 Å². The van der Waals surface area contributed by atoms with Crippen molar-refractivity contribution in [2.45, 2.75) is 25.9 Å². The highest BCUT2D eigenvalue weighted by Crippen LogP contribution is 2.24. The first kappa shape index (κ1) is 20.8. The number of nitrogens with one attached hydrogen (secondary N) is 1. The molecule has 0 aliphatic carbocycles. The number of para-hydroxylation sites is 2. The maximum atomic E-state index is 13.0.